The Bertz CT molecular complexity index is 253. The molecule has 0 unspecified atom stereocenters. The third-order valence-corrected chi connectivity index (χ3v) is 2.41. The molecule has 4 heteroatoms. The molecule has 10 heavy (non-hydrogen) atoms. The van der Waals surface area contributed by atoms with E-state index in [1.165, 1.54) is 11.5 Å². The van der Waals surface area contributed by atoms with Crippen LogP contribution in [0.1, 0.15) is 0 Å². The molecule has 0 saturated heterocycles. The smallest absolute Gasteiger partial charge is 0.115 e. The molecule has 0 spiro atoms. The molecule has 2 nitrogen and oxygen atoms in total. The van der Waals surface area contributed by atoms with Crippen LogP contribution in [-0.2, 0) is 0 Å². The number of aromatic nitrogens is 2. The summed E-state index contributed by atoms with van der Waals surface area (Å²) in [5, 5.41) is 8.84. The first kappa shape index (κ1) is 6.00. The largest absolute Gasteiger partial charge is 0.137 e. The predicted molar refractivity (Wildman–Crippen MR) is 42.1 cm³/mol. The summed E-state index contributed by atoms with van der Waals surface area (Å²) < 4.78 is 3.76. The van der Waals surface area contributed by atoms with Crippen molar-refractivity contribution in [2.75, 3.05) is 0 Å². The molecular weight excluding hydrogens is 164 g/mol. The summed E-state index contributed by atoms with van der Waals surface area (Å²) >= 11 is 2.93. The van der Waals surface area contributed by atoms with Crippen LogP contribution in [0.15, 0.2) is 17.5 Å². The van der Waals surface area contributed by atoms with E-state index < -0.39 is 0 Å². The number of nitrogens with zero attached hydrogens (tertiary/aromatic N) is 2. The van der Waals surface area contributed by atoms with Gasteiger partial charge >= 0.3 is 0 Å². The van der Waals surface area contributed by atoms with Gasteiger partial charge in [0, 0.05) is 10.8 Å². The van der Waals surface area contributed by atoms with Crippen LogP contribution in [0.5, 0.6) is 0 Å². The van der Waals surface area contributed by atoms with Gasteiger partial charge in [0.05, 0.1) is 4.88 Å². The maximum Gasteiger partial charge on any atom is 0.115 e. The lowest BCUT2D eigenvalue weighted by Gasteiger charge is -1.81. The van der Waals surface area contributed by atoms with Crippen LogP contribution in [0.3, 0.4) is 0 Å². The monoisotopic (exact) mass is 167 g/mol. The molecule has 2 aromatic rings. The van der Waals surface area contributed by atoms with Gasteiger partial charge in [0.1, 0.15) is 5.69 Å². The van der Waals surface area contributed by atoms with Gasteiger partial charge in [-0.05, 0) is 23.7 Å². The Labute approximate surface area is 66.3 Å². The summed E-state index contributed by atoms with van der Waals surface area (Å²) in [6.45, 7) is 0. The van der Waals surface area contributed by atoms with Crippen molar-refractivity contribution in [1.82, 2.24) is 9.59 Å². The average molecular weight is 167 g/mol. The molecule has 0 atom stereocenters. The van der Waals surface area contributed by atoms with Gasteiger partial charge in [-0.2, -0.15) is 0 Å². The highest BCUT2D eigenvalue weighted by Gasteiger charge is 1.99. The van der Waals surface area contributed by atoms with E-state index in [-0.39, 0.29) is 0 Å². The molecule has 1 radical (unpaired) electrons. The summed E-state index contributed by atoms with van der Waals surface area (Å²) in [6, 6.07) is 3.88. The van der Waals surface area contributed by atoms with Crippen LogP contribution in [0.25, 0.3) is 10.6 Å². The summed E-state index contributed by atoms with van der Waals surface area (Å²) in [4.78, 5) is 1.13. The van der Waals surface area contributed by atoms with Crippen molar-refractivity contribution in [3.05, 3.63) is 22.9 Å². The summed E-state index contributed by atoms with van der Waals surface area (Å²) in [7, 11) is 0. The minimum absolute atomic E-state index is 0.955. The average Bonchev–Trinajstić information content (AvgIpc) is 2.59. The number of hydrogen-bond donors (Lipinski definition) is 0. The zero-order valence-electron chi connectivity index (χ0n) is 4.94. The standard InChI is InChI=1S/C6H3N2S2/c1-2-6(9-3-1)5-4-10-8-7-5/h1-2,4H. The fourth-order valence-electron chi connectivity index (χ4n) is 0.651. The number of rotatable bonds is 1. The van der Waals surface area contributed by atoms with Crippen LogP contribution in [-0.4, -0.2) is 9.59 Å². The highest BCUT2D eigenvalue weighted by molar-refractivity contribution is 7.13. The van der Waals surface area contributed by atoms with Gasteiger partial charge in [0.2, 0.25) is 0 Å². The molecule has 0 aromatic carbocycles. The minimum atomic E-state index is 0.955. The number of hydrogen-bond acceptors (Lipinski definition) is 4. The quantitative estimate of drug-likeness (QED) is 0.649. The Morgan fingerprint density at radius 3 is 3.10 bits per heavy atom. The van der Waals surface area contributed by atoms with E-state index in [1.807, 2.05) is 17.5 Å². The third-order valence-electron chi connectivity index (χ3n) is 1.08. The van der Waals surface area contributed by atoms with E-state index >= 15 is 0 Å². The van der Waals surface area contributed by atoms with E-state index in [0.29, 0.717) is 0 Å². The second-order valence-corrected chi connectivity index (χ2v) is 3.20. The van der Waals surface area contributed by atoms with Crippen LogP contribution in [0.4, 0.5) is 0 Å². The predicted octanol–water partition coefficient (Wildman–Crippen LogP) is 2.07. The first-order valence-electron chi connectivity index (χ1n) is 2.70. The van der Waals surface area contributed by atoms with Gasteiger partial charge in [-0.1, -0.05) is 4.49 Å². The van der Waals surface area contributed by atoms with Crippen molar-refractivity contribution in [3.63, 3.8) is 0 Å². The van der Waals surface area contributed by atoms with Crippen LogP contribution in [0, 0.1) is 5.38 Å². The van der Waals surface area contributed by atoms with Gasteiger partial charge in [0.25, 0.3) is 0 Å². The Balaban J connectivity index is 2.48. The first-order valence-corrected chi connectivity index (χ1v) is 4.35. The SMILES string of the molecule is [c]1ccc(-c2csnn2)s1. The zero-order valence-corrected chi connectivity index (χ0v) is 6.58. The lowest BCUT2D eigenvalue weighted by atomic mass is 10.4. The zero-order chi connectivity index (χ0) is 6.81. The van der Waals surface area contributed by atoms with Gasteiger partial charge in [-0.25, -0.2) is 0 Å². The normalized spacial score (nSPS) is 10.0. The van der Waals surface area contributed by atoms with E-state index in [0.717, 1.165) is 10.6 Å². The van der Waals surface area contributed by atoms with Gasteiger partial charge in [-0.15, -0.1) is 16.4 Å². The number of thiophene rings is 1. The summed E-state index contributed by atoms with van der Waals surface area (Å²) in [5.41, 5.74) is 0.955. The molecule has 49 valence electrons. The molecule has 0 aliphatic rings. The van der Waals surface area contributed by atoms with Crippen molar-refractivity contribution in [3.8, 4) is 10.6 Å². The van der Waals surface area contributed by atoms with Crippen molar-refractivity contribution in [2.24, 2.45) is 0 Å². The van der Waals surface area contributed by atoms with Crippen LogP contribution in [0.2, 0.25) is 0 Å². The fraction of sp³-hybridized carbons (Fsp3) is 0. The highest BCUT2D eigenvalue weighted by Crippen LogP contribution is 2.21. The van der Waals surface area contributed by atoms with Gasteiger partial charge in [-0.3, -0.25) is 0 Å². The Morgan fingerprint density at radius 2 is 2.50 bits per heavy atom. The van der Waals surface area contributed by atoms with E-state index in [1.54, 1.807) is 11.3 Å². The maximum absolute atomic E-state index is 3.92. The molecule has 2 rings (SSSR count). The van der Waals surface area contributed by atoms with E-state index in [2.05, 4.69) is 15.0 Å². The lowest BCUT2D eigenvalue weighted by Crippen LogP contribution is -1.69. The van der Waals surface area contributed by atoms with Gasteiger partial charge in [0.15, 0.2) is 0 Å². The molecule has 0 amide bonds. The van der Waals surface area contributed by atoms with Crippen LogP contribution < -0.4 is 0 Å². The first-order chi connectivity index (χ1) is 4.97. The van der Waals surface area contributed by atoms with E-state index in [4.69, 9.17) is 0 Å². The second-order valence-electron chi connectivity index (χ2n) is 1.71. The van der Waals surface area contributed by atoms with Gasteiger partial charge < -0.3 is 0 Å². The molecule has 0 aliphatic heterocycles. The molecule has 0 fully saturated rings. The molecule has 0 aliphatic carbocycles. The molecule has 2 aromatic heterocycles. The second kappa shape index (κ2) is 2.48. The van der Waals surface area contributed by atoms with Crippen molar-refractivity contribution in [1.29, 1.82) is 0 Å². The van der Waals surface area contributed by atoms with Crippen molar-refractivity contribution >= 4 is 22.9 Å². The topological polar surface area (TPSA) is 25.8 Å². The minimum Gasteiger partial charge on any atom is -0.137 e. The highest BCUT2D eigenvalue weighted by atomic mass is 32.1. The molecule has 0 bridgehead atoms. The third kappa shape index (κ3) is 0.955. The molecule has 2 heterocycles. The lowest BCUT2D eigenvalue weighted by molar-refractivity contribution is 1.17. The summed E-state index contributed by atoms with van der Waals surface area (Å²) in [6.07, 6.45) is 0. The van der Waals surface area contributed by atoms with Crippen molar-refractivity contribution < 1.29 is 0 Å². The maximum atomic E-state index is 3.92. The van der Waals surface area contributed by atoms with E-state index in [9.17, 15) is 0 Å². The molecule has 0 N–H and O–H groups in total. The summed E-state index contributed by atoms with van der Waals surface area (Å²) in [5.74, 6) is 0. The fourth-order valence-corrected chi connectivity index (χ4v) is 1.79. The molecular formula is C6H3N2S2. The van der Waals surface area contributed by atoms with Crippen molar-refractivity contribution in [2.45, 2.75) is 0 Å². The Kier molecular flexibility index (Phi) is 1.49. The Morgan fingerprint density at radius 1 is 1.50 bits per heavy atom. The van der Waals surface area contributed by atoms with Crippen LogP contribution >= 0.6 is 22.9 Å². The Hall–Kier alpha value is -0.740. The molecule has 0 saturated carbocycles.